The number of hydrogen-bond donors (Lipinski definition) is 1. The molecule has 1 aromatic rings. The molecule has 0 aromatic heterocycles. The molecule has 0 saturated carbocycles. The van der Waals surface area contributed by atoms with Crippen LogP contribution in [0.1, 0.15) is 47.1 Å². The molecule has 1 rings (SSSR count). The second-order valence-corrected chi connectivity index (χ2v) is 10.9. The Morgan fingerprint density at radius 2 is 1.30 bits per heavy atom. The van der Waals surface area contributed by atoms with Gasteiger partial charge in [-0.05, 0) is 60.6 Å². The van der Waals surface area contributed by atoms with Crippen LogP contribution in [0.3, 0.4) is 0 Å². The summed E-state index contributed by atoms with van der Waals surface area (Å²) in [7, 11) is -8.14. The summed E-state index contributed by atoms with van der Waals surface area (Å²) in [5, 5.41) is 0. The molecule has 6 nitrogen and oxygen atoms in total. The first-order chi connectivity index (χ1) is 10.1. The summed E-state index contributed by atoms with van der Waals surface area (Å²) >= 11 is 0. The lowest BCUT2D eigenvalue weighted by Crippen LogP contribution is -2.32. The lowest BCUT2D eigenvalue weighted by Gasteiger charge is -2.31. The number of sulfonamides is 1. The molecule has 0 saturated heterocycles. The van der Waals surface area contributed by atoms with Crippen LogP contribution in [-0.4, -0.2) is 19.6 Å². The third-order valence-corrected chi connectivity index (χ3v) is 6.68. The molecule has 1 aromatic carbocycles. The Bertz CT molecular complexity index is 664. The van der Waals surface area contributed by atoms with Crippen LogP contribution in [-0.2, 0) is 23.6 Å². The first kappa shape index (κ1) is 20.3. The molecule has 0 aliphatic heterocycles. The number of rotatable bonds is 5. The van der Waals surface area contributed by atoms with E-state index in [2.05, 4.69) is 4.49 Å². The van der Waals surface area contributed by atoms with Crippen LogP contribution < -0.4 is 4.49 Å². The highest BCUT2D eigenvalue weighted by atomic mass is 32.2. The lowest BCUT2D eigenvalue weighted by atomic mass is 10.2. The predicted molar refractivity (Wildman–Crippen MR) is 90.8 cm³/mol. The van der Waals surface area contributed by atoms with Gasteiger partial charge >= 0.3 is 7.75 Å². The zero-order chi connectivity index (χ0) is 18.1. The van der Waals surface area contributed by atoms with Crippen molar-refractivity contribution in [3.63, 3.8) is 0 Å². The summed E-state index contributed by atoms with van der Waals surface area (Å²) in [6.07, 6.45) is 0. The number of nitrogens with one attached hydrogen (secondary N) is 1. The van der Waals surface area contributed by atoms with Crippen LogP contribution >= 0.6 is 7.75 Å². The fraction of sp³-hybridized carbons (Fsp3) is 0.600. The highest BCUT2D eigenvalue weighted by Gasteiger charge is 2.39. The van der Waals surface area contributed by atoms with E-state index >= 15 is 0 Å². The fourth-order valence-electron chi connectivity index (χ4n) is 1.69. The van der Waals surface area contributed by atoms with Gasteiger partial charge in [0.15, 0.2) is 0 Å². The molecule has 0 atom stereocenters. The van der Waals surface area contributed by atoms with Crippen LogP contribution in [0.4, 0.5) is 0 Å². The molecule has 0 aliphatic carbocycles. The van der Waals surface area contributed by atoms with Crippen molar-refractivity contribution < 1.29 is 22.0 Å². The maximum absolute atomic E-state index is 13.0. The first-order valence-electron chi connectivity index (χ1n) is 7.24. The van der Waals surface area contributed by atoms with Crippen LogP contribution in [0.15, 0.2) is 29.2 Å². The van der Waals surface area contributed by atoms with Gasteiger partial charge in [-0.3, -0.25) is 9.05 Å². The monoisotopic (exact) mass is 363 g/mol. The molecule has 132 valence electrons. The maximum Gasteiger partial charge on any atom is 0.420 e. The molecular weight excluding hydrogens is 337 g/mol. The molecule has 0 radical (unpaired) electrons. The van der Waals surface area contributed by atoms with Crippen molar-refractivity contribution in [1.82, 2.24) is 4.49 Å². The van der Waals surface area contributed by atoms with Gasteiger partial charge < -0.3 is 0 Å². The minimum atomic E-state index is -4.10. The standard InChI is InChI=1S/C15H26NO5PS/c1-12-8-10-13(11-9-12)23(18,19)16-22(17,20-14(2,3)4)21-15(5,6)7/h8-11H,1-7H3,(H,16,17). The summed E-state index contributed by atoms with van der Waals surface area (Å²) in [5.74, 6) is 0. The molecule has 0 aliphatic rings. The molecule has 0 fully saturated rings. The average Bonchev–Trinajstić information content (AvgIpc) is 2.21. The second-order valence-electron chi connectivity index (χ2n) is 7.31. The van der Waals surface area contributed by atoms with Gasteiger partial charge in [-0.2, -0.15) is 0 Å². The normalized spacial score (nSPS) is 14.0. The zero-order valence-electron chi connectivity index (χ0n) is 14.7. The Hall–Kier alpha value is -0.720. The van der Waals surface area contributed by atoms with E-state index in [0.29, 0.717) is 0 Å². The number of aryl methyl sites for hydroxylation is 1. The molecular formula is C15H26NO5PS. The minimum Gasteiger partial charge on any atom is -0.290 e. The van der Waals surface area contributed by atoms with E-state index < -0.39 is 29.0 Å². The lowest BCUT2D eigenvalue weighted by molar-refractivity contribution is 0.0472. The summed E-state index contributed by atoms with van der Waals surface area (Å²) in [6, 6.07) is 6.20. The predicted octanol–water partition coefficient (Wildman–Crippen LogP) is 4.01. The number of hydrogen-bond acceptors (Lipinski definition) is 5. The topological polar surface area (TPSA) is 81.7 Å². The van der Waals surface area contributed by atoms with Gasteiger partial charge in [0, 0.05) is 0 Å². The van der Waals surface area contributed by atoms with Gasteiger partial charge in [-0.25, -0.2) is 13.0 Å². The second kappa shape index (κ2) is 6.65. The van der Waals surface area contributed by atoms with Crippen LogP contribution in [0.5, 0.6) is 0 Å². The number of benzene rings is 1. The highest BCUT2D eigenvalue weighted by Crippen LogP contribution is 2.51. The van der Waals surface area contributed by atoms with E-state index in [1.165, 1.54) is 12.1 Å². The van der Waals surface area contributed by atoms with Crippen molar-refractivity contribution in [3.05, 3.63) is 29.8 Å². The van der Waals surface area contributed by atoms with E-state index in [9.17, 15) is 13.0 Å². The van der Waals surface area contributed by atoms with Crippen molar-refractivity contribution in [3.8, 4) is 0 Å². The van der Waals surface area contributed by atoms with Crippen LogP contribution in [0, 0.1) is 6.92 Å². The molecule has 0 bridgehead atoms. The molecule has 8 heteroatoms. The van der Waals surface area contributed by atoms with Crippen molar-refractivity contribution in [2.45, 2.75) is 64.6 Å². The van der Waals surface area contributed by atoms with Gasteiger partial charge in [0.05, 0.1) is 16.1 Å². The SMILES string of the molecule is Cc1ccc(S(=O)(=O)NP(=O)(OC(C)(C)C)OC(C)(C)C)cc1. The van der Waals surface area contributed by atoms with Crippen LogP contribution in [0.25, 0.3) is 0 Å². The minimum absolute atomic E-state index is 0.00153. The van der Waals surface area contributed by atoms with E-state index in [1.54, 1.807) is 53.7 Å². The van der Waals surface area contributed by atoms with E-state index in [0.717, 1.165) is 5.56 Å². The van der Waals surface area contributed by atoms with Crippen LogP contribution in [0.2, 0.25) is 0 Å². The Balaban J connectivity index is 3.18. The molecule has 0 spiro atoms. The summed E-state index contributed by atoms with van der Waals surface area (Å²) < 4.78 is 50.9. The Morgan fingerprint density at radius 3 is 1.65 bits per heavy atom. The largest absolute Gasteiger partial charge is 0.420 e. The van der Waals surface area contributed by atoms with Gasteiger partial charge in [0.1, 0.15) is 0 Å². The van der Waals surface area contributed by atoms with E-state index in [4.69, 9.17) is 9.05 Å². The van der Waals surface area contributed by atoms with Gasteiger partial charge in [-0.15, -0.1) is 4.49 Å². The molecule has 0 unspecified atom stereocenters. The van der Waals surface area contributed by atoms with Gasteiger partial charge in [0.25, 0.3) is 0 Å². The summed E-state index contributed by atoms with van der Waals surface area (Å²) in [5.41, 5.74) is -0.781. The molecule has 23 heavy (non-hydrogen) atoms. The fourth-order valence-corrected chi connectivity index (χ4v) is 5.57. The molecule has 1 N–H and O–H groups in total. The van der Waals surface area contributed by atoms with Crippen molar-refractivity contribution in [1.29, 1.82) is 0 Å². The molecule has 0 amide bonds. The van der Waals surface area contributed by atoms with Crippen molar-refractivity contribution in [2.75, 3.05) is 0 Å². The van der Waals surface area contributed by atoms with Crippen molar-refractivity contribution in [2.24, 2.45) is 0 Å². The highest BCUT2D eigenvalue weighted by molar-refractivity contribution is 7.94. The zero-order valence-corrected chi connectivity index (χ0v) is 16.4. The smallest absolute Gasteiger partial charge is 0.290 e. The van der Waals surface area contributed by atoms with E-state index in [1.807, 2.05) is 6.92 Å². The van der Waals surface area contributed by atoms with Crippen molar-refractivity contribution >= 4 is 17.8 Å². The quantitative estimate of drug-likeness (QED) is 0.799. The Morgan fingerprint density at radius 1 is 0.913 bits per heavy atom. The Kier molecular flexibility index (Phi) is 5.88. The third kappa shape index (κ3) is 7.14. The summed E-state index contributed by atoms with van der Waals surface area (Å²) in [4.78, 5) is -0.00153. The van der Waals surface area contributed by atoms with Gasteiger partial charge in [0.2, 0.25) is 10.0 Å². The average molecular weight is 363 g/mol. The Labute approximate surface area is 139 Å². The maximum atomic E-state index is 13.0. The summed E-state index contributed by atoms with van der Waals surface area (Å²) in [6.45, 7) is 11.9. The van der Waals surface area contributed by atoms with Gasteiger partial charge in [-0.1, -0.05) is 17.7 Å². The third-order valence-electron chi connectivity index (χ3n) is 2.35. The molecule has 0 heterocycles. The first-order valence-corrected chi connectivity index (χ1v) is 10.3. The van der Waals surface area contributed by atoms with E-state index in [-0.39, 0.29) is 4.90 Å².